The van der Waals surface area contributed by atoms with Crippen LogP contribution in [0.15, 0.2) is 122 Å². The zero-order chi connectivity index (χ0) is 23.5. The van der Waals surface area contributed by atoms with E-state index in [1.54, 1.807) is 0 Å². The molecule has 164 valence electrons. The fourth-order valence-corrected chi connectivity index (χ4v) is 4.46. The zero-order valence-corrected chi connectivity index (χ0v) is 19.4. The van der Waals surface area contributed by atoms with Crippen LogP contribution in [0.3, 0.4) is 0 Å². The van der Waals surface area contributed by atoms with E-state index in [-0.39, 0.29) is 0 Å². The number of nitrogens with zero attached hydrogens (tertiary/aromatic N) is 1. The lowest BCUT2D eigenvalue weighted by Crippen LogP contribution is -2.29. The van der Waals surface area contributed by atoms with Gasteiger partial charge < -0.3 is 4.90 Å². The Kier molecular flexibility index (Phi) is 5.84. The van der Waals surface area contributed by atoms with E-state index in [1.807, 2.05) is 24.3 Å². The average Bonchev–Trinajstić information content (AvgIpc) is 2.87. The van der Waals surface area contributed by atoms with Crippen LogP contribution < -0.4 is 15.3 Å². The number of aryl methyl sites for hydroxylation is 1. The van der Waals surface area contributed by atoms with Gasteiger partial charge in [0.15, 0.2) is 0 Å². The van der Waals surface area contributed by atoms with Gasteiger partial charge in [0.1, 0.15) is 0 Å². The van der Waals surface area contributed by atoms with Crippen LogP contribution in [0, 0.1) is 6.92 Å². The molecule has 0 aliphatic heterocycles. The van der Waals surface area contributed by atoms with Crippen LogP contribution in [0.25, 0.3) is 34.6 Å². The van der Waals surface area contributed by atoms with Crippen molar-refractivity contribution in [2.75, 3.05) is 4.90 Å². The first-order chi connectivity index (χ1) is 16.6. The number of anilines is 3. The Morgan fingerprint density at radius 3 is 2.09 bits per heavy atom. The number of benzene rings is 5. The minimum atomic E-state index is 0.972. The lowest BCUT2D eigenvalue weighted by Gasteiger charge is -2.27. The molecule has 5 aromatic carbocycles. The predicted molar refractivity (Wildman–Crippen MR) is 148 cm³/mol. The minimum absolute atomic E-state index is 0.972. The van der Waals surface area contributed by atoms with Gasteiger partial charge in [0.2, 0.25) is 0 Å². The third kappa shape index (κ3) is 4.16. The Bertz CT molecular complexity index is 1580. The molecule has 0 unspecified atom stereocenters. The van der Waals surface area contributed by atoms with E-state index in [0.717, 1.165) is 27.5 Å². The molecular formula is C33H27N. The first kappa shape index (κ1) is 21.5. The van der Waals surface area contributed by atoms with Crippen molar-refractivity contribution >= 4 is 40.5 Å². The van der Waals surface area contributed by atoms with Gasteiger partial charge in [0, 0.05) is 16.6 Å². The molecule has 0 radical (unpaired) electrons. The van der Waals surface area contributed by atoms with Crippen LogP contribution in [0.5, 0.6) is 0 Å². The van der Waals surface area contributed by atoms with Crippen molar-refractivity contribution in [2.45, 2.75) is 6.92 Å². The molecule has 0 spiro atoms. The van der Waals surface area contributed by atoms with Crippen molar-refractivity contribution in [1.29, 1.82) is 0 Å². The molecule has 5 aromatic rings. The summed E-state index contributed by atoms with van der Waals surface area (Å²) < 4.78 is 0. The van der Waals surface area contributed by atoms with E-state index in [0.29, 0.717) is 0 Å². The number of hydrogen-bond donors (Lipinski definition) is 0. The van der Waals surface area contributed by atoms with E-state index in [2.05, 4.69) is 122 Å². The second kappa shape index (κ2) is 9.25. The molecule has 0 amide bonds. The Balaban J connectivity index is 1.71. The van der Waals surface area contributed by atoms with E-state index in [4.69, 9.17) is 0 Å². The third-order valence-corrected chi connectivity index (χ3v) is 6.17. The summed E-state index contributed by atoms with van der Waals surface area (Å²) in [5.74, 6) is 0. The van der Waals surface area contributed by atoms with Crippen LogP contribution in [0.1, 0.15) is 5.56 Å². The summed E-state index contributed by atoms with van der Waals surface area (Å²) in [5, 5.41) is 4.49. The molecule has 5 rings (SSSR count). The summed E-state index contributed by atoms with van der Waals surface area (Å²) in [4.78, 5) is 2.30. The first-order valence-corrected chi connectivity index (χ1v) is 11.5. The van der Waals surface area contributed by atoms with Crippen LogP contribution in [0.4, 0.5) is 17.1 Å². The molecule has 0 fully saturated rings. The number of allylic oxidation sites excluding steroid dienone is 1. The fourth-order valence-electron chi connectivity index (χ4n) is 4.46. The van der Waals surface area contributed by atoms with Gasteiger partial charge in [-0.1, -0.05) is 110 Å². The molecule has 0 atom stereocenters. The molecule has 0 aliphatic carbocycles. The Morgan fingerprint density at radius 2 is 1.32 bits per heavy atom. The average molecular weight is 438 g/mol. The standard InChI is InChI=1S/C33H27N/c1-4-9-32-25(3)10-8-13-33(32)34(31-21-18-28-22-24(2)14-15-29(28)23-31)30-19-16-27(17-20-30)26-11-6-5-7-12-26/h4-23H,1,3H2,2H3/b32-9+. The summed E-state index contributed by atoms with van der Waals surface area (Å²) in [6.07, 6.45) is 3.86. The molecule has 0 N–H and O–H groups in total. The molecule has 0 heterocycles. The lowest BCUT2D eigenvalue weighted by atomic mass is 10.0. The van der Waals surface area contributed by atoms with Gasteiger partial charge in [-0.25, -0.2) is 0 Å². The smallest absolute Gasteiger partial charge is 0.0539 e. The molecule has 0 aromatic heterocycles. The van der Waals surface area contributed by atoms with E-state index in [9.17, 15) is 0 Å². The van der Waals surface area contributed by atoms with Gasteiger partial charge in [-0.05, 0) is 64.4 Å². The van der Waals surface area contributed by atoms with Gasteiger partial charge in [0.05, 0.1) is 5.69 Å². The van der Waals surface area contributed by atoms with Crippen molar-refractivity contribution in [2.24, 2.45) is 0 Å². The largest absolute Gasteiger partial charge is 0.310 e. The molecule has 0 saturated carbocycles. The summed E-state index contributed by atoms with van der Waals surface area (Å²) in [5.41, 5.74) is 6.94. The monoisotopic (exact) mass is 437 g/mol. The topological polar surface area (TPSA) is 3.24 Å². The molecule has 0 bridgehead atoms. The van der Waals surface area contributed by atoms with E-state index >= 15 is 0 Å². The molecular weight excluding hydrogens is 410 g/mol. The maximum atomic E-state index is 4.28. The van der Waals surface area contributed by atoms with Crippen LogP contribution in [-0.4, -0.2) is 0 Å². The maximum Gasteiger partial charge on any atom is 0.0539 e. The van der Waals surface area contributed by atoms with Crippen LogP contribution in [0.2, 0.25) is 0 Å². The number of rotatable bonds is 5. The second-order valence-corrected chi connectivity index (χ2v) is 8.54. The van der Waals surface area contributed by atoms with Gasteiger partial charge in [0.25, 0.3) is 0 Å². The molecule has 0 saturated heterocycles. The normalized spacial score (nSPS) is 11.5. The Morgan fingerprint density at radius 1 is 0.647 bits per heavy atom. The van der Waals surface area contributed by atoms with Crippen LogP contribution in [-0.2, 0) is 0 Å². The minimum Gasteiger partial charge on any atom is -0.310 e. The molecule has 1 nitrogen and oxygen atoms in total. The zero-order valence-electron chi connectivity index (χ0n) is 19.4. The Hall–Kier alpha value is -4.36. The summed E-state index contributed by atoms with van der Waals surface area (Å²) in [6, 6.07) is 38.7. The van der Waals surface area contributed by atoms with Gasteiger partial charge in [-0.3, -0.25) is 0 Å². The fraction of sp³-hybridized carbons (Fsp3) is 0.0303. The predicted octanol–water partition coefficient (Wildman–Crippen LogP) is 7.66. The number of fused-ring (bicyclic) bond motifs is 1. The molecule has 34 heavy (non-hydrogen) atoms. The molecule has 0 aliphatic rings. The van der Waals surface area contributed by atoms with Crippen molar-refractivity contribution in [3.05, 3.63) is 138 Å². The lowest BCUT2D eigenvalue weighted by molar-refractivity contribution is 1.26. The van der Waals surface area contributed by atoms with Gasteiger partial charge in [-0.15, -0.1) is 0 Å². The second-order valence-electron chi connectivity index (χ2n) is 8.54. The molecule has 1 heteroatoms. The quantitative estimate of drug-likeness (QED) is 0.273. The van der Waals surface area contributed by atoms with Gasteiger partial charge in [-0.2, -0.15) is 0 Å². The summed E-state index contributed by atoms with van der Waals surface area (Å²) >= 11 is 0. The van der Waals surface area contributed by atoms with Crippen molar-refractivity contribution in [3.8, 4) is 11.1 Å². The van der Waals surface area contributed by atoms with Gasteiger partial charge >= 0.3 is 0 Å². The SMILES string of the molecule is C=C/C=c1/c(N(c2ccc(-c3ccccc3)cc2)c2ccc3cc(C)ccc3c2)cccc1=C. The maximum absolute atomic E-state index is 4.28. The first-order valence-electron chi connectivity index (χ1n) is 11.5. The van der Waals surface area contributed by atoms with Crippen molar-refractivity contribution in [3.63, 3.8) is 0 Å². The van der Waals surface area contributed by atoms with Crippen LogP contribution >= 0.6 is 0 Å². The summed E-state index contributed by atoms with van der Waals surface area (Å²) in [7, 11) is 0. The Labute approximate surface area is 201 Å². The highest BCUT2D eigenvalue weighted by molar-refractivity contribution is 5.90. The van der Waals surface area contributed by atoms with E-state index in [1.165, 1.54) is 27.5 Å². The highest BCUT2D eigenvalue weighted by atomic mass is 15.1. The third-order valence-electron chi connectivity index (χ3n) is 6.17. The van der Waals surface area contributed by atoms with E-state index < -0.39 is 0 Å². The van der Waals surface area contributed by atoms with Crippen molar-refractivity contribution in [1.82, 2.24) is 0 Å². The number of hydrogen-bond acceptors (Lipinski definition) is 1. The highest BCUT2D eigenvalue weighted by Crippen LogP contribution is 2.35. The highest BCUT2D eigenvalue weighted by Gasteiger charge is 2.15. The van der Waals surface area contributed by atoms with Crippen molar-refractivity contribution < 1.29 is 0 Å². The summed E-state index contributed by atoms with van der Waals surface area (Å²) in [6.45, 7) is 10.3.